The van der Waals surface area contributed by atoms with Crippen molar-refractivity contribution in [3.63, 3.8) is 0 Å². The predicted octanol–water partition coefficient (Wildman–Crippen LogP) is 3.73. The predicted molar refractivity (Wildman–Crippen MR) is 58.4 cm³/mol. The summed E-state index contributed by atoms with van der Waals surface area (Å²) >= 11 is 0. The van der Waals surface area contributed by atoms with Crippen LogP contribution in [0.4, 0.5) is 0 Å². The van der Waals surface area contributed by atoms with Gasteiger partial charge in [0.25, 0.3) is 0 Å². The molecule has 0 N–H and O–H groups in total. The zero-order valence-corrected chi connectivity index (χ0v) is 8.21. The maximum atomic E-state index is 3.86. The molecule has 0 aromatic rings. The highest BCUT2D eigenvalue weighted by Crippen LogP contribution is 2.34. The van der Waals surface area contributed by atoms with E-state index in [9.17, 15) is 0 Å². The molecule has 2 atom stereocenters. The van der Waals surface area contributed by atoms with Crippen LogP contribution in [0.1, 0.15) is 19.3 Å². The molecule has 0 aromatic heterocycles. The van der Waals surface area contributed by atoms with Crippen LogP contribution in [0.15, 0.2) is 43.7 Å². The minimum absolute atomic E-state index is 0.622. The zero-order valence-electron chi connectivity index (χ0n) is 8.21. The summed E-state index contributed by atoms with van der Waals surface area (Å²) in [5.41, 5.74) is 2.88. The fraction of sp³-hybridized carbons (Fsp3) is 0.462. The Morgan fingerprint density at radius 3 is 1.77 bits per heavy atom. The molecule has 0 spiro atoms. The van der Waals surface area contributed by atoms with E-state index in [1.54, 1.807) is 0 Å². The minimum atomic E-state index is 0.622. The third kappa shape index (κ3) is 2.75. The monoisotopic (exact) mass is 174 g/mol. The van der Waals surface area contributed by atoms with Crippen molar-refractivity contribution in [1.82, 2.24) is 0 Å². The van der Waals surface area contributed by atoms with Crippen LogP contribution in [0.25, 0.3) is 0 Å². The third-order valence-corrected chi connectivity index (χ3v) is 2.84. The summed E-state index contributed by atoms with van der Waals surface area (Å²) in [4.78, 5) is 0. The lowest BCUT2D eigenvalue weighted by Gasteiger charge is -2.29. The van der Waals surface area contributed by atoms with Crippen LogP contribution < -0.4 is 0 Å². The second kappa shape index (κ2) is 4.89. The molecule has 1 aliphatic rings. The van der Waals surface area contributed by atoms with E-state index in [2.05, 4.69) is 43.7 Å². The van der Waals surface area contributed by atoms with E-state index in [-0.39, 0.29) is 0 Å². The number of hydrogen-bond acceptors (Lipinski definition) is 0. The van der Waals surface area contributed by atoms with Crippen LogP contribution in [0.2, 0.25) is 0 Å². The lowest BCUT2D eigenvalue weighted by Crippen LogP contribution is -2.19. The van der Waals surface area contributed by atoms with E-state index in [4.69, 9.17) is 0 Å². The molecule has 0 nitrogen and oxygen atoms in total. The molecule has 1 aliphatic carbocycles. The van der Waals surface area contributed by atoms with Gasteiger partial charge in [-0.3, -0.25) is 0 Å². The molecule has 1 fully saturated rings. The van der Waals surface area contributed by atoms with E-state index in [1.807, 2.05) is 0 Å². The van der Waals surface area contributed by atoms with Crippen molar-refractivity contribution in [3.8, 4) is 0 Å². The lowest BCUT2D eigenvalue weighted by atomic mass is 9.75. The molecule has 0 aromatic carbocycles. The molecule has 0 saturated heterocycles. The molecule has 0 heteroatoms. The standard InChI is InChI=1S/C13H18/c1-4-7-13-9-11(5-2)8-12(6-3)10-13/h5-7,11-13H,1-3,8-10H2. The molecule has 70 valence electrons. The molecule has 1 rings (SSSR count). The Bertz CT molecular complexity index is 214. The Hall–Kier alpha value is -1.00. The first-order chi connectivity index (χ1) is 6.30. The highest BCUT2D eigenvalue weighted by atomic mass is 14.3. The van der Waals surface area contributed by atoms with E-state index in [0.29, 0.717) is 17.8 Å². The van der Waals surface area contributed by atoms with Gasteiger partial charge < -0.3 is 0 Å². The molecule has 0 radical (unpaired) electrons. The molecule has 0 heterocycles. The summed E-state index contributed by atoms with van der Waals surface area (Å²) < 4.78 is 0. The van der Waals surface area contributed by atoms with Crippen LogP contribution >= 0.6 is 0 Å². The summed E-state index contributed by atoms with van der Waals surface area (Å²) in [6.07, 6.45) is 9.85. The van der Waals surface area contributed by atoms with E-state index < -0.39 is 0 Å². The van der Waals surface area contributed by atoms with Crippen LogP contribution in [0, 0.1) is 17.8 Å². The Morgan fingerprint density at radius 1 is 0.923 bits per heavy atom. The summed E-state index contributed by atoms with van der Waals surface area (Å²) in [6, 6.07) is 0. The number of hydrogen-bond donors (Lipinski definition) is 0. The van der Waals surface area contributed by atoms with Crippen LogP contribution in [-0.2, 0) is 0 Å². The van der Waals surface area contributed by atoms with E-state index in [0.717, 1.165) is 0 Å². The molecule has 0 amide bonds. The number of rotatable bonds is 3. The second-order valence-corrected chi connectivity index (χ2v) is 3.83. The van der Waals surface area contributed by atoms with Crippen molar-refractivity contribution in [2.75, 3.05) is 0 Å². The van der Waals surface area contributed by atoms with Crippen molar-refractivity contribution in [2.45, 2.75) is 19.3 Å². The molecular weight excluding hydrogens is 156 g/mol. The van der Waals surface area contributed by atoms with Gasteiger partial charge in [-0.05, 0) is 43.1 Å². The largest absolute Gasteiger partial charge is 0.133 e. The number of allylic oxidation sites excluding steroid dienone is 3. The smallest absolute Gasteiger partial charge is 0.0146 e. The van der Waals surface area contributed by atoms with Gasteiger partial charge >= 0.3 is 0 Å². The first-order valence-corrected chi connectivity index (χ1v) is 4.91. The SMILES string of the molecule is C=C=CC1CC(C=C)CC(C=C)C1. The average Bonchev–Trinajstić information content (AvgIpc) is 2.17. The maximum absolute atomic E-state index is 3.86. The molecule has 0 aliphatic heterocycles. The third-order valence-electron chi connectivity index (χ3n) is 2.84. The lowest BCUT2D eigenvalue weighted by molar-refractivity contribution is 0.296. The summed E-state index contributed by atoms with van der Waals surface area (Å²) in [5.74, 6) is 1.91. The van der Waals surface area contributed by atoms with Gasteiger partial charge in [-0.25, -0.2) is 0 Å². The van der Waals surface area contributed by atoms with E-state index in [1.165, 1.54) is 19.3 Å². The summed E-state index contributed by atoms with van der Waals surface area (Å²) in [6.45, 7) is 11.4. The summed E-state index contributed by atoms with van der Waals surface area (Å²) in [5, 5.41) is 0. The van der Waals surface area contributed by atoms with Gasteiger partial charge in [0.1, 0.15) is 0 Å². The van der Waals surface area contributed by atoms with Crippen LogP contribution in [-0.4, -0.2) is 0 Å². The topological polar surface area (TPSA) is 0 Å². The molecule has 13 heavy (non-hydrogen) atoms. The van der Waals surface area contributed by atoms with Crippen LogP contribution in [0.3, 0.4) is 0 Å². The van der Waals surface area contributed by atoms with Gasteiger partial charge in [0.2, 0.25) is 0 Å². The van der Waals surface area contributed by atoms with Crippen LogP contribution in [0.5, 0.6) is 0 Å². The van der Waals surface area contributed by atoms with Gasteiger partial charge in [0.15, 0.2) is 0 Å². The van der Waals surface area contributed by atoms with Gasteiger partial charge in [-0.1, -0.05) is 18.7 Å². The molecule has 2 unspecified atom stereocenters. The first kappa shape index (κ1) is 10.1. The van der Waals surface area contributed by atoms with E-state index >= 15 is 0 Å². The van der Waals surface area contributed by atoms with Gasteiger partial charge in [-0.15, -0.1) is 18.9 Å². The average molecular weight is 174 g/mol. The quantitative estimate of drug-likeness (QED) is 0.452. The van der Waals surface area contributed by atoms with Gasteiger partial charge in [-0.2, -0.15) is 0 Å². The summed E-state index contributed by atoms with van der Waals surface area (Å²) in [7, 11) is 0. The van der Waals surface area contributed by atoms with Crippen molar-refractivity contribution in [2.24, 2.45) is 17.8 Å². The highest BCUT2D eigenvalue weighted by molar-refractivity contribution is 4.98. The Kier molecular flexibility index (Phi) is 3.79. The van der Waals surface area contributed by atoms with Crippen molar-refractivity contribution < 1.29 is 0 Å². The fourth-order valence-electron chi connectivity index (χ4n) is 2.14. The molecule has 1 saturated carbocycles. The van der Waals surface area contributed by atoms with Gasteiger partial charge in [0, 0.05) is 0 Å². The second-order valence-electron chi connectivity index (χ2n) is 3.83. The van der Waals surface area contributed by atoms with Crippen molar-refractivity contribution in [1.29, 1.82) is 0 Å². The van der Waals surface area contributed by atoms with Gasteiger partial charge in [0.05, 0.1) is 0 Å². The molecular formula is C13H18. The Labute approximate surface area is 81.4 Å². The molecule has 0 bridgehead atoms. The highest BCUT2D eigenvalue weighted by Gasteiger charge is 2.23. The minimum Gasteiger partial charge on any atom is -0.133 e. The Morgan fingerprint density at radius 2 is 1.38 bits per heavy atom. The fourth-order valence-corrected chi connectivity index (χ4v) is 2.14. The van der Waals surface area contributed by atoms with Crippen molar-refractivity contribution >= 4 is 0 Å². The zero-order chi connectivity index (χ0) is 9.68. The maximum Gasteiger partial charge on any atom is -0.0146 e. The Balaban J connectivity index is 2.63. The van der Waals surface area contributed by atoms with Crippen molar-refractivity contribution in [3.05, 3.63) is 43.7 Å². The normalized spacial score (nSPS) is 33.1. The first-order valence-electron chi connectivity index (χ1n) is 4.91.